The molecule has 17 rings (SSSR count). The van der Waals surface area contributed by atoms with Crippen LogP contribution >= 0.6 is 35.3 Å². The van der Waals surface area contributed by atoms with Crippen LogP contribution in [0.5, 0.6) is 0 Å². The number of amides is 1. The number of alkyl halides is 10. The Bertz CT molecular complexity index is 5390. The van der Waals surface area contributed by atoms with Crippen molar-refractivity contribution in [2.45, 2.75) is 159 Å². The zero-order valence-electron chi connectivity index (χ0n) is 65.9. The molecular weight excluding hydrogens is 1600 g/mol. The van der Waals surface area contributed by atoms with Crippen molar-refractivity contribution in [3.05, 3.63) is 131 Å². The molecule has 0 spiro atoms. The lowest BCUT2D eigenvalue weighted by Crippen LogP contribution is -2.55. The summed E-state index contributed by atoms with van der Waals surface area (Å²) in [5.41, 5.74) is 4.86. The van der Waals surface area contributed by atoms with E-state index in [0.717, 1.165) is 106 Å². The lowest BCUT2D eigenvalue weighted by atomic mass is 9.94. The van der Waals surface area contributed by atoms with E-state index in [-0.39, 0.29) is 26.4 Å². The van der Waals surface area contributed by atoms with Crippen molar-refractivity contribution in [3.63, 3.8) is 0 Å². The molecule has 12 heterocycles. The van der Waals surface area contributed by atoms with Gasteiger partial charge in [0.2, 0.25) is 5.82 Å². The molecule has 0 atom stereocenters. The van der Waals surface area contributed by atoms with Crippen LogP contribution in [0.2, 0.25) is 0 Å². The van der Waals surface area contributed by atoms with E-state index in [2.05, 4.69) is 95.9 Å². The van der Waals surface area contributed by atoms with Crippen LogP contribution < -0.4 is 30.7 Å². The third-order valence-corrected chi connectivity index (χ3v) is 24.1. The second kappa shape index (κ2) is 34.7. The van der Waals surface area contributed by atoms with Gasteiger partial charge < -0.3 is 44.7 Å². The lowest BCUT2D eigenvalue weighted by Gasteiger charge is -2.43. The number of aromatic nitrogens is 16. The van der Waals surface area contributed by atoms with Crippen molar-refractivity contribution in [1.82, 2.24) is 99.2 Å². The van der Waals surface area contributed by atoms with Gasteiger partial charge in [-0.1, -0.05) is 19.3 Å². The highest BCUT2D eigenvalue weighted by Gasteiger charge is 2.40. The highest BCUT2D eigenvalue weighted by molar-refractivity contribution is 7.99. The first-order chi connectivity index (χ1) is 56.3. The summed E-state index contributed by atoms with van der Waals surface area (Å²) in [4.78, 5) is 66.0. The molecule has 4 aliphatic heterocycles. The summed E-state index contributed by atoms with van der Waals surface area (Å²) in [5.74, 6) is 4.44. The van der Waals surface area contributed by atoms with Crippen molar-refractivity contribution >= 4 is 116 Å². The van der Waals surface area contributed by atoms with Gasteiger partial charge in [-0.25, -0.2) is 44.3 Å². The molecule has 2 saturated carbocycles. The quantitative estimate of drug-likeness (QED) is 0.0288. The van der Waals surface area contributed by atoms with Crippen LogP contribution in [0.4, 0.5) is 96.3 Å². The fourth-order valence-corrected chi connectivity index (χ4v) is 17.7. The number of rotatable bonds is 21. The van der Waals surface area contributed by atoms with Crippen LogP contribution in [0.25, 0.3) is 22.1 Å². The minimum atomic E-state index is -4.55. The van der Waals surface area contributed by atoms with Crippen LogP contribution in [0.1, 0.15) is 112 Å². The minimum absolute atomic E-state index is 0. The highest BCUT2D eigenvalue weighted by Crippen LogP contribution is 2.40. The van der Waals surface area contributed by atoms with E-state index in [0.29, 0.717) is 121 Å². The molecule has 1 amide bonds. The van der Waals surface area contributed by atoms with Crippen molar-refractivity contribution < 1.29 is 57.3 Å². The SMILES string of the molecule is Cc1cc(Nc2cc(N3CCN(C(C)(C)CF)CC3)nc(Sc3ccc4nc(C(F)(F)F)n(C)c4c3)n2)n[nH]1.Cc1cc(Nc2cc(N3CCN(C4CC4)CC3)nc(Sc3ccc4c(c3)CN(CC(F)(F)F)C4=O)n2)n[nH]1.Cc1cc(Nc2cc(N3CCN(C4CCCCC4)CC3)nc(Sc3ccc4nc(CC(F)(F)F)n(C)c4c3)n2)n[nH]1.[HH].[HH].[HH].[HH].[HH].[HH]. The molecule has 6 aliphatic rings. The average Bonchev–Trinajstić information content (AvgIpc) is 1.65. The Morgan fingerprint density at radius 2 is 0.898 bits per heavy atom. The molecule has 2 aliphatic carbocycles. The minimum Gasteiger partial charge on any atom is -0.354 e. The maximum atomic E-state index is 13.5. The largest absolute Gasteiger partial charge is 0.449 e. The third kappa shape index (κ3) is 20.6. The molecule has 11 aromatic rings. The second-order valence-electron chi connectivity index (χ2n) is 30.9. The molecule has 3 saturated heterocycles. The first-order valence-electron chi connectivity index (χ1n) is 39.0. The number of hydrogen-bond donors (Lipinski definition) is 6. The lowest BCUT2D eigenvalue weighted by molar-refractivity contribution is -0.146. The van der Waals surface area contributed by atoms with E-state index in [1.54, 1.807) is 49.5 Å². The molecule has 8 aromatic heterocycles. The fourth-order valence-electron chi connectivity index (χ4n) is 15.2. The number of nitrogens with zero attached hydrogens (tertiary/aromatic N) is 20. The molecule has 6 N–H and O–H groups in total. The van der Waals surface area contributed by atoms with Gasteiger partial charge in [0, 0.05) is 199 Å². The Balaban J connectivity index is 0.000000206. The summed E-state index contributed by atoms with van der Waals surface area (Å²) >= 11 is 3.93. The van der Waals surface area contributed by atoms with Crippen LogP contribution in [0, 0.1) is 20.8 Å². The molecule has 118 heavy (non-hydrogen) atoms. The number of nitrogens with one attached hydrogen (secondary N) is 6. The topological polar surface area (TPSA) is 275 Å². The Kier molecular flexibility index (Phi) is 24.4. The van der Waals surface area contributed by atoms with Crippen LogP contribution in [0.15, 0.2) is 121 Å². The highest BCUT2D eigenvalue weighted by atomic mass is 32.2. The number of benzene rings is 3. The van der Waals surface area contributed by atoms with Gasteiger partial charge in [0.25, 0.3) is 5.91 Å². The summed E-state index contributed by atoms with van der Waals surface area (Å²) < 4.78 is 134. The monoisotopic (exact) mass is 1700 g/mol. The van der Waals surface area contributed by atoms with Gasteiger partial charge in [0.05, 0.1) is 22.1 Å². The third-order valence-electron chi connectivity index (χ3n) is 21.5. The number of H-pyrrole nitrogens is 3. The smallest absolute Gasteiger partial charge is 0.354 e. The number of anilines is 9. The maximum absolute atomic E-state index is 13.5. The van der Waals surface area contributed by atoms with Gasteiger partial charge in [0.15, 0.2) is 32.9 Å². The van der Waals surface area contributed by atoms with Crippen LogP contribution in [0.3, 0.4) is 0 Å². The molecule has 3 aromatic carbocycles. The van der Waals surface area contributed by atoms with E-state index in [1.165, 1.54) is 91.8 Å². The molecule has 27 nitrogen and oxygen atoms in total. The Morgan fingerprint density at radius 1 is 0.475 bits per heavy atom. The number of carbonyl (C=O) groups is 1. The van der Waals surface area contributed by atoms with Crippen molar-refractivity contribution in [2.75, 3.05) is 122 Å². The standard InChI is InChI=1S/C28H34F3N9S.C25H29F4N9S.C25H27F3N8OS.6H2/c1-18-14-24(37-36-18)33-23-16-25(40-12-10-39(11-13-40)19-6-4-3-5-7-19)35-27(34-23)41-20-8-9-21-22(15-20)38(2)26(32-21)17-28(29,30)31;1-15-11-20(35-34-15)31-19-13-21(37-7-9-38(10-8-37)24(2,3)14-26)33-23(32-19)39-16-5-6-17-18(12-16)36(4)22(30-17)25(27,28)29;1-15-10-21(33-32-15)29-20-12-22(35-8-6-34(7-9-35)17-2-3-17)31-24(30-20)38-18-4-5-19-16(11-18)13-36(23(19)37)14-25(26,27)28;;;;;;/h8-9,14-16,19H,3-7,10-13,17H2,1-2H3,(H2,33,34,35,36,37);5-6,11-13H,7-10,14H2,1-4H3,(H2,31,32,33,34,35);4-5,10-12,17H,2-3,6-9,13-14H2,1H3,(H2,29,30,31,32,33);6*1H. The summed E-state index contributed by atoms with van der Waals surface area (Å²) in [6.07, 6.45) is -5.21. The van der Waals surface area contributed by atoms with Gasteiger partial charge in [0.1, 0.15) is 60.4 Å². The number of aromatic amines is 3. The molecule has 0 radical (unpaired) electrons. The number of imidazole rings is 2. The van der Waals surface area contributed by atoms with Gasteiger partial charge in [-0.3, -0.25) is 34.8 Å². The molecule has 638 valence electrons. The fraction of sp³-hybridized carbons (Fsp3) is 0.462. The van der Waals surface area contributed by atoms with Gasteiger partial charge in [-0.05, 0) is 156 Å². The molecular formula is C78H102F10N26OS3. The van der Waals surface area contributed by atoms with Crippen LogP contribution in [-0.2, 0) is 33.2 Å². The van der Waals surface area contributed by atoms with Gasteiger partial charge in [-0.15, -0.1) is 0 Å². The molecule has 0 unspecified atom stereocenters. The normalized spacial score (nSPS) is 17.0. The molecule has 40 heteroatoms. The number of carbonyl (C=O) groups excluding carboxylic acids is 1. The second-order valence-corrected chi connectivity index (χ2v) is 34.1. The van der Waals surface area contributed by atoms with E-state index in [1.807, 2.05) is 83.1 Å². The number of aryl methyl sites for hydroxylation is 5. The first kappa shape index (κ1) is 83.0. The summed E-state index contributed by atoms with van der Waals surface area (Å²) in [6.45, 7) is 18.0. The van der Waals surface area contributed by atoms with Gasteiger partial charge >= 0.3 is 18.5 Å². The Morgan fingerprint density at radius 3 is 1.31 bits per heavy atom. The Labute approximate surface area is 695 Å². The van der Waals surface area contributed by atoms with E-state index in [4.69, 9.17) is 19.9 Å². The summed E-state index contributed by atoms with van der Waals surface area (Å²) in [7, 11) is 2.96. The molecule has 0 bridgehead atoms. The van der Waals surface area contributed by atoms with Crippen molar-refractivity contribution in [1.29, 1.82) is 0 Å². The predicted octanol–water partition coefficient (Wildman–Crippen LogP) is 16.7. The zero-order chi connectivity index (χ0) is 83.0. The van der Waals surface area contributed by atoms with E-state index < -0.39 is 55.4 Å². The summed E-state index contributed by atoms with van der Waals surface area (Å²) in [6, 6.07) is 28.2. The predicted molar refractivity (Wildman–Crippen MR) is 446 cm³/mol. The number of fused-ring (bicyclic) bond motifs is 3. The van der Waals surface area contributed by atoms with E-state index >= 15 is 0 Å². The number of hydrogen-bond acceptors (Lipinski definition) is 24. The van der Waals surface area contributed by atoms with Gasteiger partial charge in [-0.2, -0.15) is 54.8 Å². The summed E-state index contributed by atoms with van der Waals surface area (Å²) in [5, 5.41) is 32.7. The number of halogens is 10. The first-order valence-corrected chi connectivity index (χ1v) is 41.4. The van der Waals surface area contributed by atoms with Crippen molar-refractivity contribution in [2.24, 2.45) is 14.1 Å². The molecule has 5 fully saturated rings. The maximum Gasteiger partial charge on any atom is 0.449 e. The van der Waals surface area contributed by atoms with Crippen LogP contribution in [-0.4, -0.2) is 227 Å². The number of piperazine rings is 3. The Hall–Kier alpha value is -10.0. The average molecular weight is 1710 g/mol. The zero-order valence-corrected chi connectivity index (χ0v) is 68.4. The van der Waals surface area contributed by atoms with Crippen molar-refractivity contribution in [3.8, 4) is 0 Å². The van der Waals surface area contributed by atoms with E-state index in [9.17, 15) is 48.7 Å².